The van der Waals surface area contributed by atoms with Gasteiger partial charge in [0.05, 0.1) is 11.2 Å². The maximum Gasteiger partial charge on any atom is 0.492 e. The number of amides is 1. The van der Waals surface area contributed by atoms with Crippen molar-refractivity contribution >= 4 is 19.3 Å². The van der Waals surface area contributed by atoms with E-state index in [2.05, 4.69) is 73.8 Å². The maximum absolute atomic E-state index is 13.0. The zero-order chi connectivity index (χ0) is 27.8. The van der Waals surface area contributed by atoms with Crippen LogP contribution in [0.1, 0.15) is 75.6 Å². The van der Waals surface area contributed by atoms with Crippen LogP contribution in [0.15, 0.2) is 78.3 Å². The molecule has 0 radical (unpaired) electrons. The van der Waals surface area contributed by atoms with E-state index >= 15 is 0 Å². The number of rotatable bonds is 7. The summed E-state index contributed by atoms with van der Waals surface area (Å²) in [6, 6.07) is 25.1. The topological polar surface area (TPSA) is 56.8 Å². The number of nitrogens with one attached hydrogen (secondary N) is 1. The summed E-state index contributed by atoms with van der Waals surface area (Å²) < 4.78 is 18.5. The van der Waals surface area contributed by atoms with Crippen molar-refractivity contribution in [2.75, 3.05) is 13.2 Å². The first-order valence-electron chi connectivity index (χ1n) is 13.8. The molecule has 0 spiro atoms. The van der Waals surface area contributed by atoms with Gasteiger partial charge in [-0.3, -0.25) is 0 Å². The minimum absolute atomic E-state index is 0.0139. The van der Waals surface area contributed by atoms with Crippen molar-refractivity contribution in [1.29, 1.82) is 0 Å². The van der Waals surface area contributed by atoms with E-state index in [9.17, 15) is 4.79 Å². The fraction of sp³-hybridized carbons (Fsp3) is 0.364. The maximum atomic E-state index is 13.0. The second-order valence-electron chi connectivity index (χ2n) is 11.8. The van der Waals surface area contributed by atoms with Gasteiger partial charge in [-0.15, -0.1) is 0 Å². The zero-order valence-corrected chi connectivity index (χ0v) is 23.8. The molecule has 39 heavy (non-hydrogen) atoms. The number of hydrogen-bond donors (Lipinski definition) is 1. The molecule has 1 aliphatic carbocycles. The van der Waals surface area contributed by atoms with Crippen LogP contribution in [0.25, 0.3) is 17.2 Å². The quantitative estimate of drug-likeness (QED) is 0.329. The lowest BCUT2D eigenvalue weighted by Crippen LogP contribution is -2.41. The summed E-state index contributed by atoms with van der Waals surface area (Å²) in [4.78, 5) is 13.0. The average molecular weight is 523 g/mol. The molecule has 5 rings (SSSR count). The molecule has 0 aromatic heterocycles. The number of carbonyl (C=O) groups is 1. The molecule has 2 aliphatic rings. The van der Waals surface area contributed by atoms with E-state index in [1.54, 1.807) is 0 Å². The minimum Gasteiger partial charge on any atom is -0.449 e. The van der Waals surface area contributed by atoms with Crippen molar-refractivity contribution < 1.29 is 18.8 Å². The predicted octanol–water partition coefficient (Wildman–Crippen LogP) is 7.36. The van der Waals surface area contributed by atoms with Crippen LogP contribution in [0.5, 0.6) is 0 Å². The molecule has 3 aromatic carbocycles. The Morgan fingerprint density at radius 2 is 1.51 bits per heavy atom. The number of alkyl carbamates (subject to hydrolysis) is 1. The molecule has 202 valence electrons. The summed E-state index contributed by atoms with van der Waals surface area (Å²) >= 11 is 0. The second kappa shape index (κ2) is 10.7. The highest BCUT2D eigenvalue weighted by molar-refractivity contribution is 6.56. The van der Waals surface area contributed by atoms with Crippen LogP contribution in [0.2, 0.25) is 0 Å². The number of hydrogen-bond acceptors (Lipinski definition) is 4. The monoisotopic (exact) mass is 523 g/mol. The van der Waals surface area contributed by atoms with Crippen LogP contribution in [0.3, 0.4) is 0 Å². The molecule has 1 saturated heterocycles. The fourth-order valence-corrected chi connectivity index (χ4v) is 5.24. The average Bonchev–Trinajstić information content (AvgIpc) is 3.34. The second-order valence-corrected chi connectivity index (χ2v) is 11.8. The van der Waals surface area contributed by atoms with Crippen molar-refractivity contribution in [3.8, 4) is 11.1 Å². The van der Waals surface area contributed by atoms with Crippen LogP contribution < -0.4 is 5.32 Å². The van der Waals surface area contributed by atoms with Gasteiger partial charge in [0.15, 0.2) is 0 Å². The first-order valence-corrected chi connectivity index (χ1v) is 13.8. The molecule has 0 atom stereocenters. The number of benzene rings is 3. The molecule has 1 heterocycles. The van der Waals surface area contributed by atoms with E-state index in [-0.39, 0.29) is 19.1 Å². The van der Waals surface area contributed by atoms with Gasteiger partial charge in [-0.05, 0) is 72.5 Å². The molecule has 0 unspecified atom stereocenters. The Hall–Kier alpha value is -3.35. The highest BCUT2D eigenvalue weighted by Crippen LogP contribution is 2.44. The number of fused-ring (bicyclic) bond motifs is 3. The van der Waals surface area contributed by atoms with Gasteiger partial charge in [-0.1, -0.05) is 92.7 Å². The lowest BCUT2D eigenvalue weighted by molar-refractivity contribution is 0.00578. The van der Waals surface area contributed by atoms with Crippen LogP contribution in [-0.2, 0) is 14.0 Å². The van der Waals surface area contributed by atoms with E-state index in [1.165, 1.54) is 27.8 Å². The summed E-state index contributed by atoms with van der Waals surface area (Å²) in [5.41, 5.74) is 6.95. The Morgan fingerprint density at radius 1 is 0.923 bits per heavy atom. The Balaban J connectivity index is 1.31. The van der Waals surface area contributed by atoms with E-state index in [0.717, 1.165) is 11.0 Å². The van der Waals surface area contributed by atoms with E-state index < -0.39 is 24.4 Å². The first-order chi connectivity index (χ1) is 18.6. The van der Waals surface area contributed by atoms with Crippen LogP contribution >= 0.6 is 0 Å². The van der Waals surface area contributed by atoms with E-state index in [4.69, 9.17) is 14.0 Å². The summed E-state index contributed by atoms with van der Waals surface area (Å²) in [5, 5.41) is 2.95. The Bertz CT molecular complexity index is 1330. The van der Waals surface area contributed by atoms with Gasteiger partial charge in [0, 0.05) is 12.5 Å². The van der Waals surface area contributed by atoms with Gasteiger partial charge < -0.3 is 19.4 Å². The van der Waals surface area contributed by atoms with E-state index in [1.807, 2.05) is 52.0 Å². The van der Waals surface area contributed by atoms with Crippen molar-refractivity contribution in [3.63, 3.8) is 0 Å². The van der Waals surface area contributed by atoms with Crippen molar-refractivity contribution in [2.45, 2.75) is 64.6 Å². The lowest BCUT2D eigenvalue weighted by atomic mass is 9.77. The normalized spacial score (nSPS) is 17.7. The summed E-state index contributed by atoms with van der Waals surface area (Å²) in [7, 11) is -0.577. The van der Waals surface area contributed by atoms with Crippen LogP contribution in [-0.4, -0.2) is 37.6 Å². The third kappa shape index (κ3) is 5.54. The summed E-state index contributed by atoms with van der Waals surface area (Å²) in [6.45, 7) is 13.0. The lowest BCUT2D eigenvalue weighted by Gasteiger charge is -2.32. The molecule has 1 amide bonds. The van der Waals surface area contributed by atoms with Gasteiger partial charge in [0.2, 0.25) is 0 Å². The standard InChI is InChI=1S/C33H38BNO4/c1-22(2)24-13-11-12-23(18-24)19-25(34-38-32(3,4)33(5,6)39-34)20-35-31(36)37-21-30-28-16-9-7-14-26(28)27-15-8-10-17-29(27)30/h7-19,22,30H,20-21H2,1-6H3,(H,35,36). The first kappa shape index (κ1) is 27.2. The van der Waals surface area contributed by atoms with E-state index in [0.29, 0.717) is 5.92 Å². The van der Waals surface area contributed by atoms with Gasteiger partial charge in [0.1, 0.15) is 6.61 Å². The SMILES string of the molecule is CC(C)c1cccc(C=C(CNC(=O)OCC2c3ccccc3-c3ccccc32)B2OC(C)(C)C(C)(C)O2)c1. The third-order valence-corrected chi connectivity index (χ3v) is 8.27. The van der Waals surface area contributed by atoms with Gasteiger partial charge in [0.25, 0.3) is 0 Å². The molecule has 1 N–H and O–H groups in total. The highest BCUT2D eigenvalue weighted by atomic mass is 16.7. The molecule has 6 heteroatoms. The van der Waals surface area contributed by atoms with Crippen molar-refractivity contribution in [3.05, 3.63) is 101 Å². The molecule has 1 fully saturated rings. The molecular weight excluding hydrogens is 485 g/mol. The molecule has 5 nitrogen and oxygen atoms in total. The molecular formula is C33H38BNO4. The number of ether oxygens (including phenoxy) is 1. The fourth-order valence-electron chi connectivity index (χ4n) is 5.24. The van der Waals surface area contributed by atoms with Gasteiger partial charge >= 0.3 is 13.2 Å². The Morgan fingerprint density at radius 3 is 2.10 bits per heavy atom. The number of carbonyl (C=O) groups excluding carboxylic acids is 1. The third-order valence-electron chi connectivity index (χ3n) is 8.27. The van der Waals surface area contributed by atoms with Crippen molar-refractivity contribution in [2.24, 2.45) is 0 Å². The Labute approximate surface area is 232 Å². The summed E-state index contributed by atoms with van der Waals surface area (Å²) in [5.74, 6) is 0.428. The molecule has 0 saturated carbocycles. The van der Waals surface area contributed by atoms with Gasteiger partial charge in [-0.2, -0.15) is 0 Å². The van der Waals surface area contributed by atoms with Crippen molar-refractivity contribution in [1.82, 2.24) is 5.32 Å². The van der Waals surface area contributed by atoms with Crippen LogP contribution in [0, 0.1) is 0 Å². The molecule has 0 bridgehead atoms. The van der Waals surface area contributed by atoms with Crippen LogP contribution in [0.4, 0.5) is 4.79 Å². The molecule has 3 aromatic rings. The Kier molecular flexibility index (Phi) is 7.45. The molecule has 1 aliphatic heterocycles. The minimum atomic E-state index is -0.577. The van der Waals surface area contributed by atoms with Gasteiger partial charge in [-0.25, -0.2) is 4.79 Å². The highest BCUT2D eigenvalue weighted by Gasteiger charge is 2.52. The smallest absolute Gasteiger partial charge is 0.449 e. The zero-order valence-electron chi connectivity index (χ0n) is 23.8. The summed E-state index contributed by atoms with van der Waals surface area (Å²) in [6.07, 6.45) is 1.59. The predicted molar refractivity (Wildman–Crippen MR) is 158 cm³/mol. The largest absolute Gasteiger partial charge is 0.492 e.